The molecule has 134 valence electrons. The third-order valence-corrected chi connectivity index (χ3v) is 6.24. The van der Waals surface area contributed by atoms with Crippen LogP contribution >= 0.6 is 0 Å². The van der Waals surface area contributed by atoms with Crippen LogP contribution in [0.3, 0.4) is 0 Å². The summed E-state index contributed by atoms with van der Waals surface area (Å²) < 4.78 is 11.3. The molecule has 4 aliphatic rings. The number of ether oxygens (including phenoxy) is 2. The average molecular weight is 342 g/mol. The quantitative estimate of drug-likeness (QED) is 0.847. The van der Waals surface area contributed by atoms with Gasteiger partial charge in [-0.2, -0.15) is 0 Å². The van der Waals surface area contributed by atoms with E-state index >= 15 is 0 Å². The van der Waals surface area contributed by atoms with Gasteiger partial charge in [0.1, 0.15) is 18.8 Å². The summed E-state index contributed by atoms with van der Waals surface area (Å²) in [6, 6.07) is 6.74. The van der Waals surface area contributed by atoms with Crippen LogP contribution in [0.25, 0.3) is 0 Å². The maximum atomic E-state index is 13.3. The van der Waals surface area contributed by atoms with Crippen LogP contribution in [0.2, 0.25) is 0 Å². The lowest BCUT2D eigenvalue weighted by Gasteiger charge is -2.45. The number of fused-ring (bicyclic) bond motifs is 1. The molecule has 0 bridgehead atoms. The summed E-state index contributed by atoms with van der Waals surface area (Å²) in [4.78, 5) is 17.9. The van der Waals surface area contributed by atoms with Gasteiger partial charge in [-0.25, -0.2) is 0 Å². The van der Waals surface area contributed by atoms with Crippen molar-refractivity contribution >= 4 is 5.91 Å². The number of hydrogen-bond acceptors (Lipinski definition) is 4. The highest BCUT2D eigenvalue weighted by Crippen LogP contribution is 2.42. The number of nitrogens with zero attached hydrogens (tertiary/aromatic N) is 2. The summed E-state index contributed by atoms with van der Waals surface area (Å²) >= 11 is 0. The zero-order valence-corrected chi connectivity index (χ0v) is 14.7. The molecule has 1 aromatic carbocycles. The fraction of sp³-hybridized carbons (Fsp3) is 0.650. The second kappa shape index (κ2) is 5.90. The summed E-state index contributed by atoms with van der Waals surface area (Å²) in [6.07, 6.45) is 6.68. The lowest BCUT2D eigenvalue weighted by atomic mass is 9.85. The van der Waals surface area contributed by atoms with Crippen molar-refractivity contribution in [3.8, 4) is 11.5 Å². The van der Waals surface area contributed by atoms with Crippen LogP contribution in [0.5, 0.6) is 11.5 Å². The third-order valence-electron chi connectivity index (χ3n) is 6.24. The highest BCUT2D eigenvalue weighted by Gasteiger charge is 2.52. The van der Waals surface area contributed by atoms with E-state index in [0.717, 1.165) is 56.8 Å². The summed E-state index contributed by atoms with van der Waals surface area (Å²) in [5, 5.41) is 0. The first-order valence-corrected chi connectivity index (χ1v) is 9.71. The van der Waals surface area contributed by atoms with Gasteiger partial charge < -0.3 is 14.4 Å². The standard InChI is InChI=1S/C20H26N2O3/c23-19-20(8-2-10-22(19)16-4-5-16)7-1-9-21(20)14-15-3-6-17-18(13-15)25-12-11-24-17/h3,6,13,16H,1-2,4-5,7-12,14H2. The number of amides is 1. The minimum atomic E-state index is -0.256. The largest absolute Gasteiger partial charge is 0.486 e. The van der Waals surface area contributed by atoms with Gasteiger partial charge in [-0.05, 0) is 62.8 Å². The number of benzene rings is 1. The molecule has 1 spiro atoms. The third kappa shape index (κ3) is 2.60. The molecule has 5 heteroatoms. The molecule has 1 saturated carbocycles. The normalized spacial score (nSPS) is 29.4. The molecule has 3 heterocycles. The molecule has 2 saturated heterocycles. The Labute approximate surface area is 148 Å². The smallest absolute Gasteiger partial charge is 0.243 e. The molecule has 1 atom stereocenters. The van der Waals surface area contributed by atoms with Gasteiger partial charge in [-0.3, -0.25) is 9.69 Å². The first-order chi connectivity index (χ1) is 12.3. The molecule has 0 aromatic heterocycles. The van der Waals surface area contributed by atoms with E-state index in [4.69, 9.17) is 9.47 Å². The van der Waals surface area contributed by atoms with Gasteiger partial charge in [-0.1, -0.05) is 6.07 Å². The van der Waals surface area contributed by atoms with Crippen LogP contribution in [-0.4, -0.2) is 53.6 Å². The maximum absolute atomic E-state index is 13.3. The molecule has 0 radical (unpaired) electrons. The Hall–Kier alpha value is -1.75. The molecule has 1 unspecified atom stereocenters. The molecule has 3 fully saturated rings. The summed E-state index contributed by atoms with van der Waals surface area (Å²) in [6.45, 7) is 4.02. The Balaban J connectivity index is 1.38. The van der Waals surface area contributed by atoms with E-state index in [9.17, 15) is 4.79 Å². The zero-order chi connectivity index (χ0) is 16.9. The van der Waals surface area contributed by atoms with E-state index in [0.29, 0.717) is 25.2 Å². The molecule has 1 amide bonds. The van der Waals surface area contributed by atoms with E-state index in [1.165, 1.54) is 18.4 Å². The molecular weight excluding hydrogens is 316 g/mol. The van der Waals surface area contributed by atoms with E-state index in [1.54, 1.807) is 0 Å². The summed E-state index contributed by atoms with van der Waals surface area (Å²) in [5.41, 5.74) is 0.954. The molecule has 3 aliphatic heterocycles. The van der Waals surface area contributed by atoms with Gasteiger partial charge in [0.05, 0.1) is 0 Å². The second-order valence-electron chi connectivity index (χ2n) is 7.87. The van der Waals surface area contributed by atoms with E-state index in [2.05, 4.69) is 21.9 Å². The first kappa shape index (κ1) is 15.5. The SMILES string of the molecule is O=C1N(C2CC2)CCCC12CCCN2Cc1ccc2c(c1)OCCO2. The average Bonchev–Trinajstić information content (AvgIpc) is 3.41. The second-order valence-corrected chi connectivity index (χ2v) is 7.87. The van der Waals surface area contributed by atoms with E-state index in [-0.39, 0.29) is 5.54 Å². The van der Waals surface area contributed by atoms with Crippen LogP contribution < -0.4 is 9.47 Å². The number of carbonyl (C=O) groups excluding carboxylic acids is 1. The summed E-state index contributed by atoms with van der Waals surface area (Å²) in [5.74, 6) is 2.07. The van der Waals surface area contributed by atoms with Crippen LogP contribution in [0.15, 0.2) is 18.2 Å². The number of likely N-dealkylation sites (tertiary alicyclic amines) is 2. The number of piperidine rings is 1. The van der Waals surface area contributed by atoms with Crippen LogP contribution in [0, 0.1) is 0 Å². The van der Waals surface area contributed by atoms with Gasteiger partial charge in [0.2, 0.25) is 5.91 Å². The van der Waals surface area contributed by atoms with Gasteiger partial charge in [-0.15, -0.1) is 0 Å². The fourth-order valence-electron chi connectivity index (χ4n) is 4.85. The summed E-state index contributed by atoms with van der Waals surface area (Å²) in [7, 11) is 0. The lowest BCUT2D eigenvalue weighted by molar-refractivity contribution is -0.148. The van der Waals surface area contributed by atoms with Crippen LogP contribution in [-0.2, 0) is 11.3 Å². The van der Waals surface area contributed by atoms with Gasteiger partial charge in [0.15, 0.2) is 11.5 Å². The van der Waals surface area contributed by atoms with Crippen molar-refractivity contribution < 1.29 is 14.3 Å². The molecule has 25 heavy (non-hydrogen) atoms. The maximum Gasteiger partial charge on any atom is 0.243 e. The van der Waals surface area contributed by atoms with Crippen molar-refractivity contribution in [3.63, 3.8) is 0 Å². The van der Waals surface area contributed by atoms with E-state index in [1.807, 2.05) is 6.07 Å². The zero-order valence-electron chi connectivity index (χ0n) is 14.7. The minimum absolute atomic E-state index is 0.256. The molecule has 0 N–H and O–H groups in total. The fourth-order valence-corrected chi connectivity index (χ4v) is 4.85. The lowest BCUT2D eigenvalue weighted by Crippen LogP contribution is -2.60. The Bertz CT molecular complexity index is 688. The Morgan fingerprint density at radius 3 is 2.60 bits per heavy atom. The Morgan fingerprint density at radius 1 is 1.04 bits per heavy atom. The van der Waals surface area contributed by atoms with Gasteiger partial charge in [0, 0.05) is 19.1 Å². The molecule has 5 rings (SSSR count). The first-order valence-electron chi connectivity index (χ1n) is 9.71. The van der Waals surface area contributed by atoms with Crippen molar-refractivity contribution in [2.75, 3.05) is 26.3 Å². The van der Waals surface area contributed by atoms with Crippen LogP contribution in [0.1, 0.15) is 44.1 Å². The highest BCUT2D eigenvalue weighted by atomic mass is 16.6. The molecular formula is C20H26N2O3. The topological polar surface area (TPSA) is 42.0 Å². The van der Waals surface area contributed by atoms with E-state index < -0.39 is 0 Å². The van der Waals surface area contributed by atoms with Crippen molar-refractivity contribution in [2.24, 2.45) is 0 Å². The molecule has 1 aliphatic carbocycles. The van der Waals surface area contributed by atoms with Crippen LogP contribution in [0.4, 0.5) is 0 Å². The predicted molar refractivity (Wildman–Crippen MR) is 93.8 cm³/mol. The Morgan fingerprint density at radius 2 is 1.80 bits per heavy atom. The minimum Gasteiger partial charge on any atom is -0.486 e. The molecule has 1 aromatic rings. The number of rotatable bonds is 3. The molecule has 5 nitrogen and oxygen atoms in total. The van der Waals surface area contributed by atoms with Gasteiger partial charge in [0.25, 0.3) is 0 Å². The Kier molecular flexibility index (Phi) is 3.66. The number of carbonyl (C=O) groups is 1. The number of hydrogen-bond donors (Lipinski definition) is 0. The van der Waals surface area contributed by atoms with Crippen molar-refractivity contribution in [3.05, 3.63) is 23.8 Å². The monoisotopic (exact) mass is 342 g/mol. The van der Waals surface area contributed by atoms with Crippen molar-refractivity contribution in [2.45, 2.75) is 56.7 Å². The highest BCUT2D eigenvalue weighted by molar-refractivity contribution is 5.88. The van der Waals surface area contributed by atoms with Gasteiger partial charge >= 0.3 is 0 Å². The predicted octanol–water partition coefficient (Wildman–Crippen LogP) is 2.58. The van der Waals surface area contributed by atoms with Crippen molar-refractivity contribution in [1.82, 2.24) is 9.80 Å². The van der Waals surface area contributed by atoms with Crippen molar-refractivity contribution in [1.29, 1.82) is 0 Å².